The second-order valence-corrected chi connectivity index (χ2v) is 7.51. The molecule has 1 saturated carbocycles. The van der Waals surface area contributed by atoms with Gasteiger partial charge in [0.15, 0.2) is 0 Å². The topological polar surface area (TPSA) is 15.3 Å². The molecule has 1 fully saturated rings. The van der Waals surface area contributed by atoms with Crippen LogP contribution in [0.2, 0.25) is 5.02 Å². The van der Waals surface area contributed by atoms with Gasteiger partial charge in [-0.3, -0.25) is 0 Å². The Morgan fingerprint density at radius 3 is 2.48 bits per heavy atom. The van der Waals surface area contributed by atoms with E-state index in [1.165, 1.54) is 24.1 Å². The van der Waals surface area contributed by atoms with Gasteiger partial charge in [-0.05, 0) is 48.9 Å². The van der Waals surface area contributed by atoms with Gasteiger partial charge in [-0.15, -0.1) is 0 Å². The summed E-state index contributed by atoms with van der Waals surface area (Å²) < 4.78 is 0. The van der Waals surface area contributed by atoms with E-state index in [9.17, 15) is 0 Å². The van der Waals surface area contributed by atoms with E-state index in [4.69, 9.17) is 11.6 Å². The van der Waals surface area contributed by atoms with E-state index in [-0.39, 0.29) is 0 Å². The predicted octanol–water partition coefficient (Wildman–Crippen LogP) is 4.71. The number of hydrogen-bond donors (Lipinski definition) is 1. The molecule has 0 aromatic heterocycles. The van der Waals surface area contributed by atoms with Gasteiger partial charge in [-0.1, -0.05) is 45.4 Å². The van der Waals surface area contributed by atoms with E-state index in [1.807, 2.05) is 6.07 Å². The summed E-state index contributed by atoms with van der Waals surface area (Å²) in [4.78, 5) is 2.57. The van der Waals surface area contributed by atoms with E-state index in [0.29, 0.717) is 11.8 Å². The molecule has 0 unspecified atom stereocenters. The molecule has 1 aliphatic carbocycles. The van der Waals surface area contributed by atoms with Gasteiger partial charge < -0.3 is 10.2 Å². The lowest BCUT2D eigenvalue weighted by atomic mass is 10.1. The fraction of sp³-hybridized carbons (Fsp3) is 0.667. The first kappa shape index (κ1) is 16.6. The number of anilines is 1. The first-order valence-corrected chi connectivity index (χ1v) is 8.61. The monoisotopic (exact) mass is 308 g/mol. The summed E-state index contributed by atoms with van der Waals surface area (Å²) in [6.45, 7) is 12.1. The van der Waals surface area contributed by atoms with E-state index in [1.54, 1.807) is 0 Å². The molecule has 1 aromatic carbocycles. The maximum atomic E-state index is 6.26. The molecule has 0 aliphatic heterocycles. The highest BCUT2D eigenvalue weighted by Gasteiger charge is 2.30. The van der Waals surface area contributed by atoms with Gasteiger partial charge in [-0.25, -0.2) is 0 Å². The van der Waals surface area contributed by atoms with Crippen LogP contribution >= 0.6 is 11.6 Å². The largest absolute Gasteiger partial charge is 0.368 e. The Balaban J connectivity index is 2.16. The minimum atomic E-state index is 0.668. The van der Waals surface area contributed by atoms with Crippen LogP contribution in [-0.2, 0) is 6.54 Å². The molecule has 0 atom stereocenters. The number of halogens is 1. The maximum Gasteiger partial charge on any atom is 0.0429 e. The van der Waals surface area contributed by atoms with Crippen LogP contribution in [-0.4, -0.2) is 19.1 Å². The third kappa shape index (κ3) is 5.19. The quantitative estimate of drug-likeness (QED) is 0.748. The summed E-state index contributed by atoms with van der Waals surface area (Å²) in [5.74, 6) is 1.34. The molecule has 3 heteroatoms. The second kappa shape index (κ2) is 7.51. The first-order valence-electron chi connectivity index (χ1n) is 8.23. The molecular weight excluding hydrogens is 280 g/mol. The molecule has 1 aromatic rings. The molecule has 2 rings (SSSR count). The molecule has 0 heterocycles. The summed E-state index contributed by atoms with van der Waals surface area (Å²) in [5.41, 5.74) is 2.70. The van der Waals surface area contributed by atoms with E-state index in [0.717, 1.165) is 30.7 Å². The smallest absolute Gasteiger partial charge is 0.0429 e. The normalized spacial score (nSPS) is 15.0. The Labute approximate surface area is 134 Å². The van der Waals surface area contributed by atoms with Crippen LogP contribution in [0.3, 0.4) is 0 Å². The lowest BCUT2D eigenvalue weighted by Crippen LogP contribution is -2.31. The Bertz CT molecular complexity index is 453. The van der Waals surface area contributed by atoms with Gasteiger partial charge in [-0.2, -0.15) is 0 Å². The molecule has 2 nitrogen and oxygen atoms in total. The lowest BCUT2D eigenvalue weighted by Gasteiger charge is -2.29. The SMILES string of the molecule is CC(C)CNCc1ccc(Cl)cc1N(CC(C)C)C1CC1. The molecular formula is C18H29ClN2. The third-order valence-corrected chi connectivity index (χ3v) is 4.01. The molecule has 1 aliphatic rings. The average Bonchev–Trinajstić information content (AvgIpc) is 3.21. The molecule has 0 radical (unpaired) electrons. The molecule has 0 bridgehead atoms. The van der Waals surface area contributed by atoms with Crippen LogP contribution in [0.25, 0.3) is 0 Å². The standard InChI is InChI=1S/C18H29ClN2/c1-13(2)10-20-11-15-5-6-16(19)9-18(15)21(12-14(3)4)17-7-8-17/h5-6,9,13-14,17,20H,7-8,10-12H2,1-4H3. The Hall–Kier alpha value is -0.730. The molecule has 21 heavy (non-hydrogen) atoms. The molecule has 0 amide bonds. The average molecular weight is 309 g/mol. The highest BCUT2D eigenvalue weighted by molar-refractivity contribution is 6.30. The zero-order valence-electron chi connectivity index (χ0n) is 13.8. The van der Waals surface area contributed by atoms with Crippen LogP contribution < -0.4 is 10.2 Å². The minimum Gasteiger partial charge on any atom is -0.368 e. The number of nitrogens with one attached hydrogen (secondary N) is 1. The fourth-order valence-electron chi connectivity index (χ4n) is 2.67. The van der Waals surface area contributed by atoms with Crippen molar-refractivity contribution in [1.29, 1.82) is 0 Å². The lowest BCUT2D eigenvalue weighted by molar-refractivity contribution is 0.550. The van der Waals surface area contributed by atoms with Crippen molar-refractivity contribution in [3.8, 4) is 0 Å². The van der Waals surface area contributed by atoms with Crippen molar-refractivity contribution < 1.29 is 0 Å². The molecule has 0 spiro atoms. The zero-order valence-corrected chi connectivity index (χ0v) is 14.6. The Morgan fingerprint density at radius 2 is 1.90 bits per heavy atom. The fourth-order valence-corrected chi connectivity index (χ4v) is 2.84. The molecule has 118 valence electrons. The summed E-state index contributed by atoms with van der Waals surface area (Å²) >= 11 is 6.26. The highest BCUT2D eigenvalue weighted by atomic mass is 35.5. The van der Waals surface area contributed by atoms with E-state index < -0.39 is 0 Å². The van der Waals surface area contributed by atoms with Crippen molar-refractivity contribution in [3.05, 3.63) is 28.8 Å². The van der Waals surface area contributed by atoms with E-state index in [2.05, 4.69) is 50.0 Å². The first-order chi connectivity index (χ1) is 9.97. The van der Waals surface area contributed by atoms with Gasteiger partial charge in [0, 0.05) is 29.8 Å². The second-order valence-electron chi connectivity index (χ2n) is 7.08. The Morgan fingerprint density at radius 1 is 1.19 bits per heavy atom. The Kier molecular flexibility index (Phi) is 5.95. The van der Waals surface area contributed by atoms with Gasteiger partial charge in [0.2, 0.25) is 0 Å². The summed E-state index contributed by atoms with van der Waals surface area (Å²) in [5, 5.41) is 4.40. The van der Waals surface area contributed by atoms with Gasteiger partial charge >= 0.3 is 0 Å². The van der Waals surface area contributed by atoms with Crippen molar-refractivity contribution in [2.24, 2.45) is 11.8 Å². The van der Waals surface area contributed by atoms with Crippen LogP contribution in [0.15, 0.2) is 18.2 Å². The zero-order chi connectivity index (χ0) is 15.4. The van der Waals surface area contributed by atoms with Gasteiger partial charge in [0.1, 0.15) is 0 Å². The highest BCUT2D eigenvalue weighted by Crippen LogP contribution is 2.35. The summed E-state index contributed by atoms with van der Waals surface area (Å²) in [6.07, 6.45) is 2.64. The van der Waals surface area contributed by atoms with Crippen LogP contribution in [0, 0.1) is 11.8 Å². The molecule has 1 N–H and O–H groups in total. The van der Waals surface area contributed by atoms with Crippen LogP contribution in [0.5, 0.6) is 0 Å². The number of rotatable bonds is 8. The molecule has 0 saturated heterocycles. The predicted molar refractivity (Wildman–Crippen MR) is 93.2 cm³/mol. The third-order valence-electron chi connectivity index (χ3n) is 3.77. The number of hydrogen-bond acceptors (Lipinski definition) is 2. The summed E-state index contributed by atoms with van der Waals surface area (Å²) in [6, 6.07) is 7.06. The minimum absolute atomic E-state index is 0.668. The van der Waals surface area contributed by atoms with Crippen molar-refractivity contribution in [3.63, 3.8) is 0 Å². The van der Waals surface area contributed by atoms with Crippen molar-refractivity contribution in [2.45, 2.75) is 53.1 Å². The van der Waals surface area contributed by atoms with Gasteiger partial charge in [0.25, 0.3) is 0 Å². The van der Waals surface area contributed by atoms with Gasteiger partial charge in [0.05, 0.1) is 0 Å². The van der Waals surface area contributed by atoms with Crippen molar-refractivity contribution in [1.82, 2.24) is 5.32 Å². The maximum absolute atomic E-state index is 6.26. The number of benzene rings is 1. The van der Waals surface area contributed by atoms with E-state index >= 15 is 0 Å². The van der Waals surface area contributed by atoms with Crippen LogP contribution in [0.1, 0.15) is 46.1 Å². The number of nitrogens with zero attached hydrogens (tertiary/aromatic N) is 1. The summed E-state index contributed by atoms with van der Waals surface area (Å²) in [7, 11) is 0. The van der Waals surface area contributed by atoms with Crippen LogP contribution in [0.4, 0.5) is 5.69 Å². The van der Waals surface area contributed by atoms with Crippen molar-refractivity contribution >= 4 is 17.3 Å². The van der Waals surface area contributed by atoms with Crippen molar-refractivity contribution in [2.75, 3.05) is 18.0 Å².